The number of aromatic nitrogens is 4. The van der Waals surface area contributed by atoms with E-state index in [-0.39, 0.29) is 13.0 Å². The summed E-state index contributed by atoms with van der Waals surface area (Å²) in [6.45, 7) is -0.524. The molecule has 21 heavy (non-hydrogen) atoms. The number of nitrogens with zero attached hydrogens (tertiary/aromatic N) is 5. The van der Waals surface area contributed by atoms with Crippen LogP contribution in [0, 0.1) is 0 Å². The molecule has 9 heteroatoms. The van der Waals surface area contributed by atoms with Crippen LogP contribution in [-0.4, -0.2) is 49.7 Å². The van der Waals surface area contributed by atoms with Gasteiger partial charge in [-0.15, -0.1) is 0 Å². The lowest BCUT2D eigenvalue weighted by Gasteiger charge is -2.15. The zero-order valence-corrected chi connectivity index (χ0v) is 10.9. The maximum atomic E-state index is 13.1. The van der Waals surface area contributed by atoms with E-state index in [1.165, 1.54) is 17.1 Å². The molecule has 1 N–H and O–H groups in total. The third-order valence-electron chi connectivity index (χ3n) is 3.05. The summed E-state index contributed by atoms with van der Waals surface area (Å²) < 4.78 is 27.5. The van der Waals surface area contributed by atoms with Crippen LogP contribution in [0.1, 0.15) is 6.42 Å². The van der Waals surface area contributed by atoms with Gasteiger partial charge in [0, 0.05) is 25.4 Å². The summed E-state index contributed by atoms with van der Waals surface area (Å²) in [5.74, 6) is -2.45. The number of carbonyl (C=O) groups is 1. The first-order chi connectivity index (χ1) is 10.0. The number of anilines is 1. The summed E-state index contributed by atoms with van der Waals surface area (Å²) in [6, 6.07) is 1.10. The third-order valence-corrected chi connectivity index (χ3v) is 3.05. The van der Waals surface area contributed by atoms with Crippen molar-refractivity contribution in [2.24, 2.45) is 0 Å². The van der Waals surface area contributed by atoms with E-state index in [2.05, 4.69) is 20.4 Å². The summed E-state index contributed by atoms with van der Waals surface area (Å²) >= 11 is 0. The number of rotatable bonds is 2. The molecule has 1 saturated heterocycles. The minimum absolute atomic E-state index is 0.0365. The maximum Gasteiger partial charge on any atom is 0.322 e. The van der Waals surface area contributed by atoms with Gasteiger partial charge in [-0.1, -0.05) is 0 Å². The molecule has 1 fully saturated rings. The molecular weight excluding hydrogens is 282 g/mol. The normalized spacial score (nSPS) is 17.0. The van der Waals surface area contributed by atoms with E-state index in [0.29, 0.717) is 11.6 Å². The Hall–Kier alpha value is -2.58. The topological polar surface area (TPSA) is 75.9 Å². The van der Waals surface area contributed by atoms with Crippen LogP contribution in [0.4, 0.5) is 19.3 Å². The van der Waals surface area contributed by atoms with Crippen molar-refractivity contribution in [1.29, 1.82) is 0 Å². The molecule has 3 heterocycles. The monoisotopic (exact) mass is 294 g/mol. The number of halogens is 2. The number of likely N-dealkylation sites (tertiary alicyclic amines) is 1. The van der Waals surface area contributed by atoms with Gasteiger partial charge in [-0.3, -0.25) is 0 Å². The Morgan fingerprint density at radius 1 is 1.33 bits per heavy atom. The number of alkyl halides is 2. The Bertz CT molecular complexity index is 644. The number of hydrogen-bond acceptors (Lipinski definition) is 4. The fraction of sp³-hybridized carbons (Fsp3) is 0.333. The van der Waals surface area contributed by atoms with Crippen molar-refractivity contribution in [2.45, 2.75) is 12.3 Å². The van der Waals surface area contributed by atoms with Gasteiger partial charge in [0.05, 0.1) is 24.6 Å². The highest BCUT2D eigenvalue weighted by Crippen LogP contribution is 2.27. The van der Waals surface area contributed by atoms with E-state index >= 15 is 0 Å². The van der Waals surface area contributed by atoms with Gasteiger partial charge >= 0.3 is 6.03 Å². The zero-order valence-electron chi connectivity index (χ0n) is 10.9. The second kappa shape index (κ2) is 5.08. The predicted octanol–water partition coefficient (Wildman–Crippen LogP) is 1.54. The van der Waals surface area contributed by atoms with Crippen LogP contribution in [0.3, 0.4) is 0 Å². The molecular formula is C12H12F2N6O. The van der Waals surface area contributed by atoms with E-state index in [1.807, 2.05) is 0 Å². The zero-order chi connectivity index (χ0) is 14.9. The number of amides is 2. The lowest BCUT2D eigenvalue weighted by atomic mass is 10.3. The van der Waals surface area contributed by atoms with Crippen LogP contribution >= 0.6 is 0 Å². The minimum atomic E-state index is -2.81. The van der Waals surface area contributed by atoms with Gasteiger partial charge in [-0.25, -0.2) is 28.2 Å². The van der Waals surface area contributed by atoms with E-state index < -0.39 is 18.5 Å². The standard InChI is InChI=1S/C12H12F2N6O/c13-12(14)2-5-19(8-12)11(21)18-9-6-17-20(7-9)10-15-3-1-4-16-10/h1,3-4,6-7H,2,5,8H2,(H,18,21). The van der Waals surface area contributed by atoms with Crippen molar-refractivity contribution in [2.75, 3.05) is 18.4 Å². The predicted molar refractivity (Wildman–Crippen MR) is 69.3 cm³/mol. The molecule has 0 aromatic carbocycles. The number of hydrogen-bond donors (Lipinski definition) is 1. The average Bonchev–Trinajstić information content (AvgIpc) is 3.06. The van der Waals surface area contributed by atoms with Crippen molar-refractivity contribution in [3.05, 3.63) is 30.9 Å². The molecule has 2 aromatic rings. The maximum absolute atomic E-state index is 13.1. The van der Waals surface area contributed by atoms with Crippen LogP contribution < -0.4 is 5.32 Å². The lowest BCUT2D eigenvalue weighted by Crippen LogP contribution is -2.34. The number of urea groups is 1. The molecule has 1 aliphatic rings. The highest BCUT2D eigenvalue weighted by Gasteiger charge is 2.40. The summed E-state index contributed by atoms with van der Waals surface area (Å²) in [5, 5.41) is 6.53. The molecule has 0 bridgehead atoms. The fourth-order valence-electron chi connectivity index (χ4n) is 2.02. The molecule has 0 radical (unpaired) electrons. The molecule has 0 unspecified atom stereocenters. The van der Waals surface area contributed by atoms with E-state index in [4.69, 9.17) is 0 Å². The van der Waals surface area contributed by atoms with Gasteiger partial charge in [0.25, 0.3) is 5.92 Å². The molecule has 0 atom stereocenters. The molecule has 110 valence electrons. The SMILES string of the molecule is O=C(Nc1cnn(-c2ncccn2)c1)N1CCC(F)(F)C1. The van der Waals surface area contributed by atoms with Gasteiger partial charge < -0.3 is 10.2 Å². The van der Waals surface area contributed by atoms with Crippen LogP contribution in [0.25, 0.3) is 5.95 Å². The molecule has 0 aliphatic carbocycles. The highest BCUT2D eigenvalue weighted by atomic mass is 19.3. The second-order valence-electron chi connectivity index (χ2n) is 4.68. The van der Waals surface area contributed by atoms with Gasteiger partial charge in [0.15, 0.2) is 0 Å². The smallest absolute Gasteiger partial charge is 0.318 e. The van der Waals surface area contributed by atoms with Crippen molar-refractivity contribution in [3.63, 3.8) is 0 Å². The Morgan fingerprint density at radius 2 is 2.10 bits per heavy atom. The van der Waals surface area contributed by atoms with Crippen molar-refractivity contribution < 1.29 is 13.6 Å². The van der Waals surface area contributed by atoms with Crippen LogP contribution in [-0.2, 0) is 0 Å². The quantitative estimate of drug-likeness (QED) is 0.911. The Balaban J connectivity index is 1.66. The largest absolute Gasteiger partial charge is 0.322 e. The molecule has 3 rings (SSSR count). The Labute approximate surface area is 118 Å². The van der Waals surface area contributed by atoms with Gasteiger partial charge in [0.1, 0.15) is 0 Å². The molecule has 2 aromatic heterocycles. The van der Waals surface area contributed by atoms with Crippen LogP contribution in [0.15, 0.2) is 30.9 Å². The molecule has 0 spiro atoms. The fourth-order valence-corrected chi connectivity index (χ4v) is 2.02. The van der Waals surface area contributed by atoms with Crippen LogP contribution in [0.5, 0.6) is 0 Å². The Morgan fingerprint density at radius 3 is 2.76 bits per heavy atom. The van der Waals surface area contributed by atoms with E-state index in [1.54, 1.807) is 18.5 Å². The summed E-state index contributed by atoms with van der Waals surface area (Å²) in [4.78, 5) is 21.0. The lowest BCUT2D eigenvalue weighted by molar-refractivity contribution is 0.0159. The highest BCUT2D eigenvalue weighted by molar-refractivity contribution is 5.89. The van der Waals surface area contributed by atoms with E-state index in [0.717, 1.165) is 4.90 Å². The average molecular weight is 294 g/mol. The first-order valence-corrected chi connectivity index (χ1v) is 6.29. The first-order valence-electron chi connectivity index (χ1n) is 6.29. The molecule has 2 amide bonds. The third kappa shape index (κ3) is 2.96. The van der Waals surface area contributed by atoms with Crippen molar-refractivity contribution >= 4 is 11.7 Å². The second-order valence-corrected chi connectivity index (χ2v) is 4.68. The number of nitrogens with one attached hydrogen (secondary N) is 1. The van der Waals surface area contributed by atoms with Gasteiger partial charge in [0.2, 0.25) is 5.95 Å². The van der Waals surface area contributed by atoms with E-state index in [9.17, 15) is 13.6 Å². The van der Waals surface area contributed by atoms with Crippen molar-refractivity contribution in [1.82, 2.24) is 24.6 Å². The van der Waals surface area contributed by atoms with Crippen molar-refractivity contribution in [3.8, 4) is 5.95 Å². The molecule has 0 saturated carbocycles. The Kier molecular flexibility index (Phi) is 3.24. The minimum Gasteiger partial charge on any atom is -0.318 e. The first kappa shape index (κ1) is 13.4. The number of carbonyl (C=O) groups excluding carboxylic acids is 1. The van der Waals surface area contributed by atoms with Gasteiger partial charge in [-0.05, 0) is 6.07 Å². The van der Waals surface area contributed by atoms with Crippen LogP contribution in [0.2, 0.25) is 0 Å². The summed E-state index contributed by atoms with van der Waals surface area (Å²) in [5.41, 5.74) is 0.391. The molecule has 1 aliphatic heterocycles. The molecule has 7 nitrogen and oxygen atoms in total. The van der Waals surface area contributed by atoms with Gasteiger partial charge in [-0.2, -0.15) is 5.10 Å². The summed E-state index contributed by atoms with van der Waals surface area (Å²) in [7, 11) is 0. The summed E-state index contributed by atoms with van der Waals surface area (Å²) in [6.07, 6.45) is 5.74.